The van der Waals surface area contributed by atoms with Gasteiger partial charge in [-0.1, -0.05) is 30.3 Å². The van der Waals surface area contributed by atoms with Gasteiger partial charge in [0.15, 0.2) is 0 Å². The predicted molar refractivity (Wildman–Crippen MR) is 117 cm³/mol. The number of ether oxygens (including phenoxy) is 2. The molecule has 0 radical (unpaired) electrons. The maximum Gasteiger partial charge on any atom is 0.311 e. The standard InChI is InChI=1S/C22H23N3O6S/c26-20-14-16(15-25(20)17-6-2-1-3-7-17)22(27)31-13-12-30-11-10-23-21-18-8-4-5-9-19(18)32(28,29)24-21/h1-9,16H,10-15H2,(H,23,24)/t16-/m0/s1. The summed E-state index contributed by atoms with van der Waals surface area (Å²) in [4.78, 5) is 30.5. The molecule has 1 atom stereocenters. The molecule has 0 saturated carbocycles. The topological polar surface area (TPSA) is 114 Å². The number of nitrogens with zero attached hydrogens (tertiary/aromatic N) is 2. The first kappa shape index (κ1) is 22.0. The van der Waals surface area contributed by atoms with Crippen LogP contribution in [0.25, 0.3) is 0 Å². The van der Waals surface area contributed by atoms with Gasteiger partial charge >= 0.3 is 5.97 Å². The van der Waals surface area contributed by atoms with E-state index in [-0.39, 0.29) is 43.6 Å². The quantitative estimate of drug-likeness (QED) is 0.473. The van der Waals surface area contributed by atoms with Crippen molar-refractivity contribution in [3.05, 3.63) is 60.2 Å². The second kappa shape index (κ2) is 9.49. The zero-order valence-corrected chi connectivity index (χ0v) is 18.1. The van der Waals surface area contributed by atoms with E-state index in [9.17, 15) is 18.0 Å². The summed E-state index contributed by atoms with van der Waals surface area (Å²) in [6.07, 6.45) is 0.128. The van der Waals surface area contributed by atoms with Crippen LogP contribution < -0.4 is 9.62 Å². The monoisotopic (exact) mass is 457 g/mol. The van der Waals surface area contributed by atoms with Crippen LogP contribution in [-0.2, 0) is 29.1 Å². The molecule has 32 heavy (non-hydrogen) atoms. The zero-order chi connectivity index (χ0) is 22.6. The van der Waals surface area contributed by atoms with Gasteiger partial charge in [0, 0.05) is 24.2 Å². The maximum atomic E-state index is 12.3. The van der Waals surface area contributed by atoms with Crippen LogP contribution in [0.15, 0.2) is 64.5 Å². The minimum Gasteiger partial charge on any atom is -0.463 e. The molecular weight excluding hydrogens is 434 g/mol. The minimum absolute atomic E-state index is 0.0703. The Bertz CT molecular complexity index is 1130. The Morgan fingerprint density at radius 1 is 1.06 bits per heavy atom. The van der Waals surface area contributed by atoms with E-state index in [1.54, 1.807) is 23.1 Å². The summed E-state index contributed by atoms with van der Waals surface area (Å²) in [5, 5.41) is 0. The van der Waals surface area contributed by atoms with E-state index in [4.69, 9.17) is 9.47 Å². The number of rotatable bonds is 8. The Kier molecular flexibility index (Phi) is 6.52. The zero-order valence-electron chi connectivity index (χ0n) is 17.3. The van der Waals surface area contributed by atoms with E-state index in [0.29, 0.717) is 17.9 Å². The smallest absolute Gasteiger partial charge is 0.311 e. The van der Waals surface area contributed by atoms with Gasteiger partial charge in [0.2, 0.25) is 5.91 Å². The summed E-state index contributed by atoms with van der Waals surface area (Å²) < 4.78 is 37.2. The number of para-hydroxylation sites is 1. The van der Waals surface area contributed by atoms with Crippen molar-refractivity contribution in [2.45, 2.75) is 11.3 Å². The fourth-order valence-electron chi connectivity index (χ4n) is 3.62. The summed E-state index contributed by atoms with van der Waals surface area (Å²) in [5.74, 6) is -0.718. The largest absolute Gasteiger partial charge is 0.463 e. The van der Waals surface area contributed by atoms with Crippen molar-refractivity contribution >= 4 is 33.4 Å². The lowest BCUT2D eigenvalue weighted by Gasteiger charge is -2.16. The highest BCUT2D eigenvalue weighted by Crippen LogP contribution is 2.25. The third kappa shape index (κ3) is 4.81. The van der Waals surface area contributed by atoms with E-state index in [2.05, 4.69) is 9.71 Å². The van der Waals surface area contributed by atoms with Gasteiger partial charge in [-0.25, -0.2) is 8.42 Å². The number of hydrogen-bond acceptors (Lipinski definition) is 7. The lowest BCUT2D eigenvalue weighted by molar-refractivity contribution is -0.149. The number of anilines is 1. The average molecular weight is 458 g/mol. The number of fused-ring (bicyclic) bond motifs is 1. The van der Waals surface area contributed by atoms with Gasteiger partial charge in [0.05, 0.1) is 30.6 Å². The molecular formula is C22H23N3O6S. The SMILES string of the molecule is O=C(OCCOCCN=C1NS(=O)(=O)c2ccccc21)[C@H]1CC(=O)N(c2ccccc2)C1. The molecule has 2 aromatic carbocycles. The van der Waals surface area contributed by atoms with Crippen molar-refractivity contribution in [1.29, 1.82) is 0 Å². The molecule has 168 valence electrons. The Hall–Kier alpha value is -3.24. The lowest BCUT2D eigenvalue weighted by atomic mass is 10.1. The Balaban J connectivity index is 1.17. The number of carbonyl (C=O) groups is 2. The number of carbonyl (C=O) groups excluding carboxylic acids is 2. The number of amides is 1. The molecule has 0 bridgehead atoms. The first-order valence-electron chi connectivity index (χ1n) is 10.2. The van der Waals surface area contributed by atoms with E-state index in [1.807, 2.05) is 30.3 Å². The summed E-state index contributed by atoms with van der Waals surface area (Å²) in [7, 11) is -3.56. The van der Waals surface area contributed by atoms with Gasteiger partial charge in [-0.05, 0) is 24.3 Å². The molecule has 10 heteroatoms. The number of benzene rings is 2. The molecule has 1 amide bonds. The summed E-state index contributed by atoms with van der Waals surface area (Å²) in [6, 6.07) is 15.8. The number of nitrogens with one attached hydrogen (secondary N) is 1. The highest BCUT2D eigenvalue weighted by atomic mass is 32.2. The summed E-state index contributed by atoms with van der Waals surface area (Å²) in [5.41, 5.74) is 1.31. The summed E-state index contributed by atoms with van der Waals surface area (Å²) >= 11 is 0. The fourth-order valence-corrected chi connectivity index (χ4v) is 4.87. The highest BCUT2D eigenvalue weighted by molar-refractivity contribution is 7.90. The lowest BCUT2D eigenvalue weighted by Crippen LogP contribution is -2.26. The van der Waals surface area contributed by atoms with Crippen LogP contribution in [0.1, 0.15) is 12.0 Å². The van der Waals surface area contributed by atoms with Gasteiger partial charge in [-0.2, -0.15) is 0 Å². The molecule has 1 N–H and O–H groups in total. The third-order valence-electron chi connectivity index (χ3n) is 5.17. The molecule has 0 unspecified atom stereocenters. The summed E-state index contributed by atoms with van der Waals surface area (Å²) in [6.45, 7) is 1.05. The van der Waals surface area contributed by atoms with Crippen LogP contribution in [0.2, 0.25) is 0 Å². The molecule has 2 aliphatic heterocycles. The van der Waals surface area contributed by atoms with Gasteiger partial charge < -0.3 is 14.4 Å². The molecule has 9 nitrogen and oxygen atoms in total. The van der Waals surface area contributed by atoms with Gasteiger partial charge in [0.25, 0.3) is 10.0 Å². The molecule has 0 aromatic heterocycles. The van der Waals surface area contributed by atoms with E-state index in [1.165, 1.54) is 6.07 Å². The van der Waals surface area contributed by atoms with Crippen molar-refractivity contribution in [2.24, 2.45) is 10.9 Å². The van der Waals surface area contributed by atoms with Crippen molar-refractivity contribution in [3.63, 3.8) is 0 Å². The maximum absolute atomic E-state index is 12.3. The van der Waals surface area contributed by atoms with Crippen molar-refractivity contribution in [3.8, 4) is 0 Å². The molecule has 0 aliphatic carbocycles. The van der Waals surface area contributed by atoms with Crippen LogP contribution in [0, 0.1) is 5.92 Å². The van der Waals surface area contributed by atoms with Crippen molar-refractivity contribution < 1.29 is 27.5 Å². The number of hydrogen-bond donors (Lipinski definition) is 1. The number of aliphatic imine (C=N–C) groups is 1. The van der Waals surface area contributed by atoms with Crippen LogP contribution in [-0.4, -0.2) is 59.0 Å². The second-order valence-electron chi connectivity index (χ2n) is 7.35. The molecule has 2 heterocycles. The van der Waals surface area contributed by atoms with Gasteiger partial charge in [-0.3, -0.25) is 19.3 Å². The van der Waals surface area contributed by atoms with Crippen LogP contribution >= 0.6 is 0 Å². The molecule has 1 fully saturated rings. The Morgan fingerprint density at radius 2 is 1.81 bits per heavy atom. The average Bonchev–Trinajstić information content (AvgIpc) is 3.31. The molecule has 2 aromatic rings. The Morgan fingerprint density at radius 3 is 2.62 bits per heavy atom. The third-order valence-corrected chi connectivity index (χ3v) is 6.56. The number of sulfonamides is 1. The minimum atomic E-state index is -3.56. The molecule has 0 spiro atoms. The normalized spacial score (nSPS) is 20.2. The molecule has 1 saturated heterocycles. The van der Waals surface area contributed by atoms with E-state index < -0.39 is 21.9 Å². The fraction of sp³-hybridized carbons (Fsp3) is 0.318. The predicted octanol–water partition coefficient (Wildman–Crippen LogP) is 1.34. The van der Waals surface area contributed by atoms with Crippen molar-refractivity contribution in [2.75, 3.05) is 37.8 Å². The first-order chi connectivity index (χ1) is 15.5. The number of esters is 1. The highest BCUT2D eigenvalue weighted by Gasteiger charge is 2.36. The van der Waals surface area contributed by atoms with Gasteiger partial charge in [-0.15, -0.1) is 0 Å². The van der Waals surface area contributed by atoms with Crippen LogP contribution in [0.4, 0.5) is 5.69 Å². The Labute approximate surface area is 186 Å². The molecule has 2 aliphatic rings. The van der Waals surface area contributed by atoms with Crippen molar-refractivity contribution in [1.82, 2.24) is 4.72 Å². The first-order valence-corrected chi connectivity index (χ1v) is 11.7. The van der Waals surface area contributed by atoms with Crippen LogP contribution in [0.5, 0.6) is 0 Å². The second-order valence-corrected chi connectivity index (χ2v) is 9.00. The van der Waals surface area contributed by atoms with E-state index in [0.717, 1.165) is 5.69 Å². The van der Waals surface area contributed by atoms with E-state index >= 15 is 0 Å². The van der Waals surface area contributed by atoms with Crippen LogP contribution in [0.3, 0.4) is 0 Å². The molecule has 4 rings (SSSR count). The van der Waals surface area contributed by atoms with Gasteiger partial charge in [0.1, 0.15) is 12.4 Å². The number of amidine groups is 1.